The molecule has 4 rings (SSSR count). The first-order chi connectivity index (χ1) is 13.5. The molecule has 1 N–H and O–H groups in total. The minimum atomic E-state index is -0.327. The van der Waals surface area contributed by atoms with Crippen molar-refractivity contribution < 1.29 is 14.4 Å². The number of fused-ring (bicyclic) bond motifs is 1. The number of anilines is 1. The molecular formula is C22H15ClN2O3. The Labute approximate surface area is 166 Å². The molecule has 1 aliphatic heterocycles. The van der Waals surface area contributed by atoms with Gasteiger partial charge in [-0.05, 0) is 42.0 Å². The lowest BCUT2D eigenvalue weighted by atomic mass is 10.1. The Kier molecular flexibility index (Phi) is 4.67. The summed E-state index contributed by atoms with van der Waals surface area (Å²) in [5.74, 6) is -0.977. The minimum absolute atomic E-state index is 0.0968. The van der Waals surface area contributed by atoms with Crippen molar-refractivity contribution in [2.24, 2.45) is 0 Å². The van der Waals surface area contributed by atoms with Crippen LogP contribution in [0.15, 0.2) is 72.8 Å². The molecule has 0 bridgehead atoms. The second kappa shape index (κ2) is 7.29. The smallest absolute Gasteiger partial charge is 0.261 e. The summed E-state index contributed by atoms with van der Waals surface area (Å²) in [4.78, 5) is 38.8. The van der Waals surface area contributed by atoms with Crippen LogP contribution < -0.4 is 5.32 Å². The molecule has 0 aliphatic carbocycles. The van der Waals surface area contributed by atoms with Crippen molar-refractivity contribution in [1.29, 1.82) is 0 Å². The first-order valence-corrected chi connectivity index (χ1v) is 9.02. The Morgan fingerprint density at radius 3 is 2.18 bits per heavy atom. The number of rotatable bonds is 4. The van der Waals surface area contributed by atoms with Crippen LogP contribution in [0.5, 0.6) is 0 Å². The number of hydrogen-bond acceptors (Lipinski definition) is 3. The van der Waals surface area contributed by atoms with Crippen LogP contribution in [-0.2, 0) is 6.54 Å². The zero-order valence-corrected chi connectivity index (χ0v) is 15.4. The fraction of sp³-hybridized carbons (Fsp3) is 0.0455. The van der Waals surface area contributed by atoms with Crippen LogP contribution in [-0.4, -0.2) is 22.6 Å². The fourth-order valence-electron chi connectivity index (χ4n) is 3.13. The molecule has 3 aromatic carbocycles. The van der Waals surface area contributed by atoms with Crippen molar-refractivity contribution in [2.45, 2.75) is 6.54 Å². The molecule has 1 heterocycles. The van der Waals surface area contributed by atoms with E-state index in [1.807, 2.05) is 0 Å². The quantitative estimate of drug-likeness (QED) is 0.672. The Hall–Kier alpha value is -3.44. The molecule has 0 saturated carbocycles. The molecule has 6 heteroatoms. The van der Waals surface area contributed by atoms with E-state index in [4.69, 9.17) is 11.6 Å². The van der Waals surface area contributed by atoms with Gasteiger partial charge >= 0.3 is 0 Å². The van der Waals surface area contributed by atoms with E-state index < -0.39 is 0 Å². The molecule has 0 spiro atoms. The van der Waals surface area contributed by atoms with E-state index in [9.17, 15) is 14.4 Å². The number of halogens is 1. The molecule has 0 saturated heterocycles. The van der Waals surface area contributed by atoms with E-state index in [1.165, 1.54) is 4.90 Å². The zero-order chi connectivity index (χ0) is 19.7. The molecule has 0 aromatic heterocycles. The number of imide groups is 1. The van der Waals surface area contributed by atoms with Gasteiger partial charge in [0.05, 0.1) is 28.4 Å². The van der Waals surface area contributed by atoms with Crippen molar-refractivity contribution >= 4 is 35.0 Å². The van der Waals surface area contributed by atoms with E-state index in [2.05, 4.69) is 5.32 Å². The van der Waals surface area contributed by atoms with Crippen LogP contribution >= 0.6 is 11.6 Å². The highest BCUT2D eigenvalue weighted by Crippen LogP contribution is 2.25. The first-order valence-electron chi connectivity index (χ1n) is 8.64. The zero-order valence-electron chi connectivity index (χ0n) is 14.7. The summed E-state index contributed by atoms with van der Waals surface area (Å²) in [6, 6.07) is 20.5. The van der Waals surface area contributed by atoms with Crippen LogP contribution in [0, 0.1) is 0 Å². The highest BCUT2D eigenvalue weighted by Gasteiger charge is 2.34. The predicted molar refractivity (Wildman–Crippen MR) is 106 cm³/mol. The monoisotopic (exact) mass is 390 g/mol. The number of carbonyl (C=O) groups is 3. The molecule has 1 aliphatic rings. The number of para-hydroxylation sites is 1. The number of hydrogen-bond donors (Lipinski definition) is 1. The van der Waals surface area contributed by atoms with Crippen molar-refractivity contribution in [3.05, 3.63) is 100 Å². The topological polar surface area (TPSA) is 66.5 Å². The molecule has 0 unspecified atom stereocenters. The minimum Gasteiger partial charge on any atom is -0.321 e. The summed E-state index contributed by atoms with van der Waals surface area (Å²) >= 11 is 6.08. The van der Waals surface area contributed by atoms with E-state index in [-0.39, 0.29) is 24.3 Å². The lowest BCUT2D eigenvalue weighted by molar-refractivity contribution is 0.0642. The Morgan fingerprint density at radius 1 is 0.857 bits per heavy atom. The van der Waals surface area contributed by atoms with E-state index >= 15 is 0 Å². The highest BCUT2D eigenvalue weighted by molar-refractivity contribution is 6.33. The molecule has 3 amide bonds. The van der Waals surface area contributed by atoms with Crippen LogP contribution in [0.2, 0.25) is 5.02 Å². The fourth-order valence-corrected chi connectivity index (χ4v) is 3.32. The van der Waals surface area contributed by atoms with Gasteiger partial charge in [0.25, 0.3) is 17.7 Å². The molecule has 0 atom stereocenters. The largest absolute Gasteiger partial charge is 0.321 e. The molecule has 28 heavy (non-hydrogen) atoms. The number of carbonyl (C=O) groups excluding carboxylic acids is 3. The van der Waals surface area contributed by atoms with Gasteiger partial charge in [-0.2, -0.15) is 0 Å². The van der Waals surface area contributed by atoms with Crippen molar-refractivity contribution in [3.8, 4) is 0 Å². The van der Waals surface area contributed by atoms with Gasteiger partial charge in [-0.25, -0.2) is 0 Å². The van der Waals surface area contributed by atoms with Gasteiger partial charge in [-0.3, -0.25) is 19.3 Å². The third-order valence-corrected chi connectivity index (χ3v) is 4.86. The van der Waals surface area contributed by atoms with Crippen molar-refractivity contribution in [2.75, 3.05) is 5.32 Å². The molecular weight excluding hydrogens is 376 g/mol. The normalized spacial score (nSPS) is 12.8. The predicted octanol–water partition coefficient (Wildman–Crippen LogP) is 4.39. The van der Waals surface area contributed by atoms with Crippen LogP contribution in [0.25, 0.3) is 0 Å². The number of nitrogens with zero attached hydrogens (tertiary/aromatic N) is 1. The maximum atomic E-state index is 12.5. The summed E-state index contributed by atoms with van der Waals surface area (Å²) < 4.78 is 0. The Balaban J connectivity index is 1.54. The second-order valence-corrected chi connectivity index (χ2v) is 6.78. The van der Waals surface area contributed by atoms with Gasteiger partial charge in [0.1, 0.15) is 0 Å². The third-order valence-electron chi connectivity index (χ3n) is 4.53. The molecule has 0 fully saturated rings. The average Bonchev–Trinajstić information content (AvgIpc) is 2.95. The van der Waals surface area contributed by atoms with Crippen LogP contribution in [0.1, 0.15) is 36.6 Å². The van der Waals surface area contributed by atoms with Gasteiger partial charge in [0, 0.05) is 5.56 Å². The lowest BCUT2D eigenvalue weighted by Gasteiger charge is -2.14. The van der Waals surface area contributed by atoms with Crippen LogP contribution in [0.3, 0.4) is 0 Å². The summed E-state index contributed by atoms with van der Waals surface area (Å²) in [6.45, 7) is 0.0968. The maximum Gasteiger partial charge on any atom is 0.261 e. The number of benzene rings is 3. The Morgan fingerprint density at radius 2 is 1.50 bits per heavy atom. The number of amides is 3. The summed E-state index contributed by atoms with van der Waals surface area (Å²) in [5, 5.41) is 3.20. The average molecular weight is 391 g/mol. The molecule has 3 aromatic rings. The van der Waals surface area contributed by atoms with Crippen molar-refractivity contribution in [3.63, 3.8) is 0 Å². The van der Waals surface area contributed by atoms with Gasteiger partial charge in [-0.15, -0.1) is 0 Å². The molecule has 0 radical (unpaired) electrons. The number of nitrogens with one attached hydrogen (secondary N) is 1. The summed E-state index contributed by atoms with van der Waals surface area (Å²) in [6.07, 6.45) is 0. The van der Waals surface area contributed by atoms with Crippen LogP contribution in [0.4, 0.5) is 5.69 Å². The lowest BCUT2D eigenvalue weighted by Crippen LogP contribution is -2.29. The Bertz CT molecular complexity index is 1080. The maximum absolute atomic E-state index is 12.5. The van der Waals surface area contributed by atoms with E-state index in [1.54, 1.807) is 72.8 Å². The SMILES string of the molecule is O=C(Nc1ccccc1Cl)c1cccc(CN2C(=O)c3ccccc3C2=O)c1. The van der Waals surface area contributed by atoms with Gasteiger partial charge in [-0.1, -0.05) is 48.0 Å². The summed E-state index contributed by atoms with van der Waals surface area (Å²) in [7, 11) is 0. The summed E-state index contributed by atoms with van der Waals surface area (Å²) in [5.41, 5.74) is 2.41. The second-order valence-electron chi connectivity index (χ2n) is 6.38. The molecule has 5 nitrogen and oxygen atoms in total. The third kappa shape index (κ3) is 3.28. The van der Waals surface area contributed by atoms with Gasteiger partial charge < -0.3 is 5.32 Å². The highest BCUT2D eigenvalue weighted by atomic mass is 35.5. The van der Waals surface area contributed by atoms with Gasteiger partial charge in [0.15, 0.2) is 0 Å². The standard InChI is InChI=1S/C22H15ClN2O3/c23-18-10-3-4-11-19(18)24-20(26)15-7-5-6-14(12-15)13-25-21(27)16-8-1-2-9-17(16)22(25)28/h1-12H,13H2,(H,24,26). The first kappa shape index (κ1) is 17.9. The molecule has 138 valence electrons. The van der Waals surface area contributed by atoms with E-state index in [0.29, 0.717) is 33.0 Å². The van der Waals surface area contributed by atoms with Gasteiger partial charge in [0.2, 0.25) is 0 Å². The van der Waals surface area contributed by atoms with Crippen molar-refractivity contribution in [1.82, 2.24) is 4.90 Å². The van der Waals surface area contributed by atoms with E-state index in [0.717, 1.165) is 0 Å².